The smallest absolute Gasteiger partial charge is 0.280 e. The van der Waals surface area contributed by atoms with E-state index < -0.39 is 10.0 Å². The molecule has 0 saturated carbocycles. The number of nitrogens with zero attached hydrogens (tertiary/aromatic N) is 3. The summed E-state index contributed by atoms with van der Waals surface area (Å²) in [5, 5.41) is 8.76. The lowest BCUT2D eigenvalue weighted by Crippen LogP contribution is -2.13. The van der Waals surface area contributed by atoms with Crippen LogP contribution >= 0.6 is 11.6 Å². The summed E-state index contributed by atoms with van der Waals surface area (Å²) in [6, 6.07) is 6.21. The summed E-state index contributed by atoms with van der Waals surface area (Å²) >= 11 is 5.90. The number of sulfonamides is 1. The maximum absolute atomic E-state index is 12.0. The molecule has 0 amide bonds. The van der Waals surface area contributed by atoms with Crippen LogP contribution in [0.5, 0.6) is 0 Å². The number of hydrogen-bond donors (Lipinski definition) is 1. The van der Waals surface area contributed by atoms with E-state index in [9.17, 15) is 8.42 Å². The van der Waals surface area contributed by atoms with Gasteiger partial charge in [-0.1, -0.05) is 11.6 Å². The highest BCUT2D eigenvalue weighted by Gasteiger charge is 2.18. The molecule has 0 saturated heterocycles. The van der Waals surface area contributed by atoms with E-state index in [1.54, 1.807) is 7.05 Å². The molecule has 0 aliphatic rings. The Morgan fingerprint density at radius 1 is 1.47 bits per heavy atom. The van der Waals surface area contributed by atoms with Gasteiger partial charge in [0, 0.05) is 13.2 Å². The predicted octanol–water partition coefficient (Wildman–Crippen LogP) is 1.75. The van der Waals surface area contributed by atoms with Gasteiger partial charge in [-0.25, -0.2) is 4.98 Å². The van der Waals surface area contributed by atoms with Gasteiger partial charge in [0.15, 0.2) is 5.03 Å². The number of rotatable bonds is 3. The summed E-state index contributed by atoms with van der Waals surface area (Å²) in [5.41, 5.74) is 0.553. The highest BCUT2D eigenvalue weighted by atomic mass is 35.5. The van der Waals surface area contributed by atoms with E-state index in [1.807, 2.05) is 6.07 Å². The molecule has 0 aliphatic heterocycles. The minimum Gasteiger partial charge on any atom is -0.339 e. The number of aryl methyl sites for hydroxylation is 1. The summed E-state index contributed by atoms with van der Waals surface area (Å²) in [7, 11) is -2.12. The van der Waals surface area contributed by atoms with Crippen LogP contribution in [0.2, 0.25) is 5.02 Å². The van der Waals surface area contributed by atoms with Crippen LogP contribution in [0, 0.1) is 11.3 Å². The van der Waals surface area contributed by atoms with Crippen molar-refractivity contribution in [2.24, 2.45) is 7.05 Å². The minimum absolute atomic E-state index is 0.101. The number of imidazole rings is 1. The Kier molecular flexibility index (Phi) is 3.46. The van der Waals surface area contributed by atoms with Crippen LogP contribution in [0.3, 0.4) is 0 Å². The zero-order chi connectivity index (χ0) is 14.0. The van der Waals surface area contributed by atoms with Gasteiger partial charge in [-0.3, -0.25) is 4.72 Å². The maximum atomic E-state index is 12.0. The van der Waals surface area contributed by atoms with E-state index in [1.165, 1.54) is 35.3 Å². The second kappa shape index (κ2) is 4.91. The molecule has 0 bridgehead atoms. The SMILES string of the molecule is Cn1cnc(S(=O)(=O)Nc2ccc(C#N)cc2Cl)c1. The van der Waals surface area contributed by atoms with Crippen molar-refractivity contribution in [3.8, 4) is 6.07 Å². The largest absolute Gasteiger partial charge is 0.339 e. The molecule has 0 spiro atoms. The average Bonchev–Trinajstić information content (AvgIpc) is 2.79. The number of anilines is 1. The van der Waals surface area contributed by atoms with Crippen molar-refractivity contribution < 1.29 is 8.42 Å². The lowest BCUT2D eigenvalue weighted by atomic mass is 10.2. The zero-order valence-electron chi connectivity index (χ0n) is 9.83. The maximum Gasteiger partial charge on any atom is 0.280 e. The molecule has 0 unspecified atom stereocenters. The van der Waals surface area contributed by atoms with E-state index in [4.69, 9.17) is 16.9 Å². The third kappa shape index (κ3) is 2.86. The lowest BCUT2D eigenvalue weighted by Gasteiger charge is -2.07. The van der Waals surface area contributed by atoms with Crippen LogP contribution < -0.4 is 4.72 Å². The second-order valence-corrected chi connectivity index (χ2v) is 5.83. The molecule has 1 aromatic heterocycles. The fourth-order valence-electron chi connectivity index (χ4n) is 1.39. The quantitative estimate of drug-likeness (QED) is 0.934. The fraction of sp³-hybridized carbons (Fsp3) is 0.0909. The molecule has 0 fully saturated rings. The summed E-state index contributed by atoms with van der Waals surface area (Å²) in [5.74, 6) is 0. The van der Waals surface area contributed by atoms with E-state index in [0.717, 1.165) is 0 Å². The van der Waals surface area contributed by atoms with Crippen LogP contribution in [0.25, 0.3) is 0 Å². The van der Waals surface area contributed by atoms with Crippen LogP contribution in [0.4, 0.5) is 5.69 Å². The summed E-state index contributed by atoms with van der Waals surface area (Å²) < 4.78 is 27.9. The van der Waals surface area contributed by atoms with Crippen molar-refractivity contribution in [1.29, 1.82) is 5.26 Å². The van der Waals surface area contributed by atoms with E-state index in [2.05, 4.69) is 9.71 Å². The van der Waals surface area contributed by atoms with Gasteiger partial charge in [-0.2, -0.15) is 13.7 Å². The molecule has 0 atom stereocenters. The van der Waals surface area contributed by atoms with Gasteiger partial charge in [0.25, 0.3) is 10.0 Å². The summed E-state index contributed by atoms with van der Waals surface area (Å²) in [6.07, 6.45) is 2.76. The zero-order valence-corrected chi connectivity index (χ0v) is 11.4. The van der Waals surface area contributed by atoms with Crippen LogP contribution in [0.15, 0.2) is 35.7 Å². The van der Waals surface area contributed by atoms with Crippen LogP contribution in [-0.4, -0.2) is 18.0 Å². The van der Waals surface area contributed by atoms with Crippen molar-refractivity contribution in [2.75, 3.05) is 4.72 Å². The molecule has 1 aromatic carbocycles. The first-order valence-electron chi connectivity index (χ1n) is 5.13. The van der Waals surface area contributed by atoms with E-state index in [-0.39, 0.29) is 15.7 Å². The molecular weight excluding hydrogens is 288 g/mol. The number of aromatic nitrogens is 2. The van der Waals surface area contributed by atoms with Crippen LogP contribution in [0.1, 0.15) is 5.56 Å². The molecule has 2 rings (SSSR count). The predicted molar refractivity (Wildman–Crippen MR) is 70.2 cm³/mol. The Bertz CT molecular complexity index is 761. The molecule has 19 heavy (non-hydrogen) atoms. The van der Waals surface area contributed by atoms with Gasteiger partial charge in [0.2, 0.25) is 0 Å². The number of nitrogens with one attached hydrogen (secondary N) is 1. The van der Waals surface area contributed by atoms with Crippen molar-refractivity contribution in [1.82, 2.24) is 9.55 Å². The first-order valence-corrected chi connectivity index (χ1v) is 6.99. The van der Waals surface area contributed by atoms with E-state index in [0.29, 0.717) is 5.56 Å². The molecule has 6 nitrogen and oxygen atoms in total. The van der Waals surface area contributed by atoms with Gasteiger partial charge in [0.05, 0.1) is 28.7 Å². The average molecular weight is 297 g/mol. The normalized spacial score (nSPS) is 11.0. The number of hydrogen-bond acceptors (Lipinski definition) is 4. The summed E-state index contributed by atoms with van der Waals surface area (Å²) in [4.78, 5) is 3.76. The molecule has 1 heterocycles. The first-order chi connectivity index (χ1) is 8.92. The molecular formula is C11H9ClN4O2S. The Hall–Kier alpha value is -2.04. The van der Waals surface area contributed by atoms with Crippen LogP contribution in [-0.2, 0) is 17.1 Å². The monoisotopic (exact) mass is 296 g/mol. The Morgan fingerprint density at radius 2 is 2.21 bits per heavy atom. The van der Waals surface area contributed by atoms with Gasteiger partial charge in [-0.15, -0.1) is 0 Å². The molecule has 0 radical (unpaired) electrons. The minimum atomic E-state index is -3.78. The highest BCUT2D eigenvalue weighted by molar-refractivity contribution is 7.92. The Morgan fingerprint density at radius 3 is 2.74 bits per heavy atom. The van der Waals surface area contributed by atoms with Gasteiger partial charge < -0.3 is 4.57 Å². The van der Waals surface area contributed by atoms with Crippen molar-refractivity contribution in [2.45, 2.75) is 5.03 Å². The van der Waals surface area contributed by atoms with Crippen molar-refractivity contribution >= 4 is 27.3 Å². The first kappa shape index (κ1) is 13.4. The topological polar surface area (TPSA) is 87.8 Å². The molecule has 0 aliphatic carbocycles. The summed E-state index contributed by atoms with van der Waals surface area (Å²) in [6.45, 7) is 0. The molecule has 8 heteroatoms. The van der Waals surface area contributed by atoms with Gasteiger partial charge in [0.1, 0.15) is 0 Å². The Labute approximate surface area is 115 Å². The number of nitriles is 1. The standard InChI is InChI=1S/C11H9ClN4O2S/c1-16-6-11(14-7-16)19(17,18)15-10-3-2-8(5-13)4-9(10)12/h2-4,6-7,15H,1H3. The third-order valence-electron chi connectivity index (χ3n) is 2.30. The fourth-order valence-corrected chi connectivity index (χ4v) is 2.74. The van der Waals surface area contributed by atoms with Crippen molar-refractivity contribution in [3.63, 3.8) is 0 Å². The highest BCUT2D eigenvalue weighted by Crippen LogP contribution is 2.25. The van der Waals surface area contributed by atoms with Crippen molar-refractivity contribution in [3.05, 3.63) is 41.3 Å². The van der Waals surface area contributed by atoms with E-state index >= 15 is 0 Å². The number of halogens is 1. The molecule has 2 aromatic rings. The third-order valence-corrected chi connectivity index (χ3v) is 3.86. The molecule has 98 valence electrons. The molecule has 1 N–H and O–H groups in total. The Balaban J connectivity index is 2.34. The lowest BCUT2D eigenvalue weighted by molar-refractivity contribution is 0.598. The number of benzene rings is 1. The van der Waals surface area contributed by atoms with Gasteiger partial charge >= 0.3 is 0 Å². The second-order valence-electron chi connectivity index (χ2n) is 3.79. The van der Waals surface area contributed by atoms with Gasteiger partial charge in [-0.05, 0) is 18.2 Å².